The first-order chi connectivity index (χ1) is 12.7. The number of carbonyl (C=O) groups excluding carboxylic acids is 2. The highest BCUT2D eigenvalue weighted by Gasteiger charge is 2.19. The van der Waals surface area contributed by atoms with Gasteiger partial charge in [-0.3, -0.25) is 9.59 Å². The molecule has 0 radical (unpaired) electrons. The fraction of sp³-hybridized carbons (Fsp3) is 0. The van der Waals surface area contributed by atoms with Crippen LogP contribution in [0, 0.1) is 7.14 Å². The third kappa shape index (κ3) is 2.75. The zero-order valence-corrected chi connectivity index (χ0v) is 17.8. The Bertz CT molecular complexity index is 1100. The summed E-state index contributed by atoms with van der Waals surface area (Å²) in [5.74, 6) is 0. The van der Waals surface area contributed by atoms with E-state index in [9.17, 15) is 9.59 Å². The van der Waals surface area contributed by atoms with Gasteiger partial charge in [0.15, 0.2) is 12.6 Å². The van der Waals surface area contributed by atoms with Crippen LogP contribution in [0.2, 0.25) is 0 Å². The van der Waals surface area contributed by atoms with Crippen LogP contribution in [0.25, 0.3) is 32.7 Å². The van der Waals surface area contributed by atoms with Crippen molar-refractivity contribution in [3.63, 3.8) is 0 Å². The molecule has 0 atom stereocenters. The lowest BCUT2D eigenvalue weighted by Gasteiger charge is -2.17. The summed E-state index contributed by atoms with van der Waals surface area (Å²) in [6, 6.07) is 19.8. The topological polar surface area (TPSA) is 34.1 Å². The molecule has 0 aromatic heterocycles. The lowest BCUT2D eigenvalue weighted by atomic mass is 9.88. The second-order valence-electron chi connectivity index (χ2n) is 5.97. The Hall–Kier alpha value is -1.80. The van der Waals surface area contributed by atoms with E-state index in [0.717, 1.165) is 52.4 Å². The van der Waals surface area contributed by atoms with E-state index in [1.807, 2.05) is 60.7 Å². The Kier molecular flexibility index (Phi) is 4.79. The maximum atomic E-state index is 11.9. The van der Waals surface area contributed by atoms with E-state index in [1.54, 1.807) is 0 Å². The molecule has 0 unspecified atom stereocenters. The largest absolute Gasteiger partial charge is 0.298 e. The van der Waals surface area contributed by atoms with Crippen molar-refractivity contribution in [3.05, 3.63) is 78.9 Å². The van der Waals surface area contributed by atoms with Gasteiger partial charge in [-0.15, -0.1) is 0 Å². The van der Waals surface area contributed by atoms with Crippen molar-refractivity contribution < 1.29 is 9.59 Å². The van der Waals surface area contributed by atoms with Gasteiger partial charge in [-0.1, -0.05) is 48.5 Å². The first-order valence-corrected chi connectivity index (χ1v) is 10.1. The maximum absolute atomic E-state index is 11.9. The van der Waals surface area contributed by atoms with Crippen LogP contribution >= 0.6 is 45.2 Å². The number of halogens is 2. The fourth-order valence-electron chi connectivity index (χ4n) is 3.45. The van der Waals surface area contributed by atoms with Crippen LogP contribution in [0.4, 0.5) is 0 Å². The molecule has 126 valence electrons. The SMILES string of the molecule is O=Cc1cc(I)c2ccccc2c1-c1c(C=O)cc(I)c2ccccc12. The molecule has 0 aliphatic carbocycles. The van der Waals surface area contributed by atoms with E-state index in [2.05, 4.69) is 45.2 Å². The summed E-state index contributed by atoms with van der Waals surface area (Å²) in [6.07, 6.45) is 1.76. The Morgan fingerprint density at radius 2 is 0.923 bits per heavy atom. The molecule has 0 bridgehead atoms. The van der Waals surface area contributed by atoms with Crippen molar-refractivity contribution in [1.82, 2.24) is 0 Å². The maximum Gasteiger partial charge on any atom is 0.150 e. The van der Waals surface area contributed by atoms with Gasteiger partial charge in [0.1, 0.15) is 0 Å². The second kappa shape index (κ2) is 7.08. The average Bonchev–Trinajstić information content (AvgIpc) is 2.68. The molecular formula is C22H12I2O2. The summed E-state index contributed by atoms with van der Waals surface area (Å²) >= 11 is 4.51. The molecule has 4 aromatic carbocycles. The molecule has 0 saturated heterocycles. The lowest BCUT2D eigenvalue weighted by Crippen LogP contribution is -1.98. The third-order valence-corrected chi connectivity index (χ3v) is 6.34. The average molecular weight is 562 g/mol. The smallest absolute Gasteiger partial charge is 0.150 e. The van der Waals surface area contributed by atoms with Crippen LogP contribution in [0.5, 0.6) is 0 Å². The fourth-order valence-corrected chi connectivity index (χ4v) is 5.06. The first kappa shape index (κ1) is 17.6. The predicted octanol–water partition coefficient (Wildman–Crippen LogP) is 6.49. The van der Waals surface area contributed by atoms with Crippen molar-refractivity contribution in [3.8, 4) is 11.1 Å². The van der Waals surface area contributed by atoms with Crippen molar-refractivity contribution in [2.45, 2.75) is 0 Å². The molecule has 0 saturated carbocycles. The van der Waals surface area contributed by atoms with E-state index < -0.39 is 0 Å². The molecule has 0 fully saturated rings. The molecule has 0 spiro atoms. The van der Waals surface area contributed by atoms with E-state index in [-0.39, 0.29) is 0 Å². The molecule has 4 aromatic rings. The molecular weight excluding hydrogens is 550 g/mol. The molecule has 0 amide bonds. The minimum absolute atomic E-state index is 0.600. The van der Waals surface area contributed by atoms with E-state index >= 15 is 0 Å². The Labute approximate surface area is 177 Å². The number of aldehydes is 2. The standard InChI is InChI=1S/C22H12I2O2/c23-19-9-13(11-25)21(17-7-3-1-5-15(17)19)22-14(12-26)10-20(24)16-6-2-4-8-18(16)22/h1-12H. The molecule has 4 rings (SSSR count). The monoisotopic (exact) mass is 562 g/mol. The van der Waals surface area contributed by atoms with Gasteiger partial charge in [0, 0.05) is 29.4 Å². The first-order valence-electron chi connectivity index (χ1n) is 7.99. The number of hydrogen-bond donors (Lipinski definition) is 0. The van der Waals surface area contributed by atoms with Gasteiger partial charge in [-0.05, 0) is 78.9 Å². The Morgan fingerprint density at radius 1 is 0.577 bits per heavy atom. The van der Waals surface area contributed by atoms with Crippen LogP contribution in [0.15, 0.2) is 60.7 Å². The summed E-state index contributed by atoms with van der Waals surface area (Å²) in [5.41, 5.74) is 2.85. The predicted molar refractivity (Wildman–Crippen MR) is 123 cm³/mol. The van der Waals surface area contributed by atoms with Gasteiger partial charge in [-0.2, -0.15) is 0 Å². The highest BCUT2D eigenvalue weighted by atomic mass is 127. The van der Waals surface area contributed by atoms with Crippen LogP contribution in [-0.4, -0.2) is 12.6 Å². The van der Waals surface area contributed by atoms with Crippen LogP contribution in [-0.2, 0) is 0 Å². The van der Waals surface area contributed by atoms with Gasteiger partial charge < -0.3 is 0 Å². The minimum Gasteiger partial charge on any atom is -0.298 e. The van der Waals surface area contributed by atoms with Crippen molar-refractivity contribution >= 4 is 79.3 Å². The van der Waals surface area contributed by atoms with Crippen LogP contribution in [0.1, 0.15) is 20.7 Å². The highest BCUT2D eigenvalue weighted by molar-refractivity contribution is 14.1. The van der Waals surface area contributed by atoms with Gasteiger partial charge in [-0.25, -0.2) is 0 Å². The molecule has 2 nitrogen and oxygen atoms in total. The van der Waals surface area contributed by atoms with Gasteiger partial charge in [0.25, 0.3) is 0 Å². The zero-order chi connectivity index (χ0) is 18.3. The van der Waals surface area contributed by atoms with E-state index in [1.165, 1.54) is 0 Å². The molecule has 0 aliphatic rings. The van der Waals surface area contributed by atoms with Gasteiger partial charge >= 0.3 is 0 Å². The molecule has 26 heavy (non-hydrogen) atoms. The summed E-state index contributed by atoms with van der Waals surface area (Å²) in [6.45, 7) is 0. The minimum atomic E-state index is 0.600. The van der Waals surface area contributed by atoms with Gasteiger partial charge in [0.2, 0.25) is 0 Å². The van der Waals surface area contributed by atoms with E-state index in [0.29, 0.717) is 11.1 Å². The number of hydrogen-bond acceptors (Lipinski definition) is 2. The van der Waals surface area contributed by atoms with Crippen LogP contribution < -0.4 is 0 Å². The molecule has 0 heterocycles. The third-order valence-electron chi connectivity index (χ3n) is 4.55. The van der Waals surface area contributed by atoms with Crippen molar-refractivity contribution in [2.24, 2.45) is 0 Å². The molecule has 4 heteroatoms. The zero-order valence-electron chi connectivity index (χ0n) is 13.5. The summed E-state index contributed by atoms with van der Waals surface area (Å²) in [5, 5.41) is 4.12. The van der Waals surface area contributed by atoms with Gasteiger partial charge in [0.05, 0.1) is 0 Å². The summed E-state index contributed by atoms with van der Waals surface area (Å²) in [4.78, 5) is 23.8. The Balaban J connectivity index is 2.28. The van der Waals surface area contributed by atoms with Crippen molar-refractivity contribution in [2.75, 3.05) is 0 Å². The lowest BCUT2D eigenvalue weighted by molar-refractivity contribution is 0.111. The highest BCUT2D eigenvalue weighted by Crippen LogP contribution is 2.40. The number of fused-ring (bicyclic) bond motifs is 2. The quantitative estimate of drug-likeness (QED) is 0.211. The molecule has 0 aliphatic heterocycles. The number of benzene rings is 4. The normalized spacial score (nSPS) is 11.0. The molecule has 0 N–H and O–H groups in total. The number of carbonyl (C=O) groups is 2. The second-order valence-corrected chi connectivity index (χ2v) is 8.30. The summed E-state index contributed by atoms with van der Waals surface area (Å²) in [7, 11) is 0. The number of rotatable bonds is 3. The Morgan fingerprint density at radius 3 is 1.27 bits per heavy atom. The van der Waals surface area contributed by atoms with E-state index in [4.69, 9.17) is 0 Å². The van der Waals surface area contributed by atoms with Crippen molar-refractivity contribution in [1.29, 1.82) is 0 Å². The van der Waals surface area contributed by atoms with Crippen LogP contribution in [0.3, 0.4) is 0 Å². The summed E-state index contributed by atoms with van der Waals surface area (Å²) < 4.78 is 2.04.